The molecule has 1 aromatic heterocycles. The van der Waals surface area contributed by atoms with Crippen LogP contribution in [0.4, 0.5) is 0 Å². The van der Waals surface area contributed by atoms with Crippen molar-refractivity contribution in [2.45, 2.75) is 43.9 Å². The van der Waals surface area contributed by atoms with Gasteiger partial charge in [0.25, 0.3) is 5.91 Å². The molecule has 4 aliphatic carbocycles. The standard InChI is InChI=1S/C22H26N4O3/c1-29-19-3-2-13(7-18(19)27)12-23-26-21(28)17-8-20(25-24-17)22-9-14-4-15(10-22)6-16(5-14)11-22/h2-3,7-8,12,14-16,27H,4-6,9-11H2,1H3,(H,24,25)(H,26,28)/b23-12-. The Morgan fingerprint density at radius 3 is 2.55 bits per heavy atom. The first kappa shape index (κ1) is 18.2. The lowest BCUT2D eigenvalue weighted by Gasteiger charge is -2.56. The van der Waals surface area contributed by atoms with E-state index in [0.29, 0.717) is 17.0 Å². The number of carbonyl (C=O) groups is 1. The number of carbonyl (C=O) groups excluding carboxylic acids is 1. The lowest BCUT2D eigenvalue weighted by atomic mass is 9.49. The highest BCUT2D eigenvalue weighted by Crippen LogP contribution is 2.60. The number of aromatic amines is 1. The molecule has 7 heteroatoms. The van der Waals surface area contributed by atoms with Gasteiger partial charge >= 0.3 is 0 Å². The monoisotopic (exact) mass is 394 g/mol. The lowest BCUT2D eigenvalue weighted by molar-refractivity contribution is -0.00721. The smallest absolute Gasteiger partial charge is 0.291 e. The fourth-order valence-corrected chi connectivity index (χ4v) is 6.16. The van der Waals surface area contributed by atoms with Crippen molar-refractivity contribution in [1.82, 2.24) is 15.6 Å². The maximum Gasteiger partial charge on any atom is 0.291 e. The van der Waals surface area contributed by atoms with Crippen molar-refractivity contribution in [2.24, 2.45) is 22.9 Å². The van der Waals surface area contributed by atoms with Gasteiger partial charge in [-0.1, -0.05) is 0 Å². The van der Waals surface area contributed by atoms with Crippen LogP contribution >= 0.6 is 0 Å². The highest BCUT2D eigenvalue weighted by Gasteiger charge is 2.52. The molecule has 4 saturated carbocycles. The van der Waals surface area contributed by atoms with E-state index in [1.54, 1.807) is 12.1 Å². The predicted molar refractivity (Wildman–Crippen MR) is 108 cm³/mol. The minimum Gasteiger partial charge on any atom is -0.504 e. The number of aromatic nitrogens is 2. The fourth-order valence-electron chi connectivity index (χ4n) is 6.16. The van der Waals surface area contributed by atoms with Gasteiger partial charge in [0.05, 0.1) is 13.3 Å². The van der Waals surface area contributed by atoms with Crippen molar-refractivity contribution in [1.29, 1.82) is 0 Å². The van der Waals surface area contributed by atoms with Crippen LogP contribution in [-0.4, -0.2) is 34.5 Å². The number of H-pyrrole nitrogens is 1. The summed E-state index contributed by atoms with van der Waals surface area (Å²) in [5.74, 6) is 2.59. The van der Waals surface area contributed by atoms with Crippen molar-refractivity contribution in [3.63, 3.8) is 0 Å². The summed E-state index contributed by atoms with van der Waals surface area (Å²) in [5.41, 5.74) is 4.84. The Labute approximate surface area is 169 Å². The Balaban J connectivity index is 1.26. The molecular formula is C22H26N4O3. The van der Waals surface area contributed by atoms with Crippen molar-refractivity contribution in [3.8, 4) is 11.5 Å². The largest absolute Gasteiger partial charge is 0.504 e. The first-order chi connectivity index (χ1) is 14.0. The predicted octanol–water partition coefficient (Wildman–Crippen LogP) is 3.36. The van der Waals surface area contributed by atoms with Gasteiger partial charge in [-0.15, -0.1) is 0 Å². The van der Waals surface area contributed by atoms with E-state index in [2.05, 4.69) is 20.7 Å². The topological polar surface area (TPSA) is 99.6 Å². The number of hydrogen-bond donors (Lipinski definition) is 3. The van der Waals surface area contributed by atoms with Gasteiger partial charge in [-0.05, 0) is 86.1 Å². The zero-order valence-electron chi connectivity index (χ0n) is 16.5. The van der Waals surface area contributed by atoms with Crippen LogP contribution in [0.5, 0.6) is 11.5 Å². The first-order valence-electron chi connectivity index (χ1n) is 10.3. The third-order valence-corrected chi connectivity index (χ3v) is 7.00. The van der Waals surface area contributed by atoms with E-state index in [1.807, 2.05) is 6.07 Å². The zero-order valence-corrected chi connectivity index (χ0v) is 16.5. The summed E-state index contributed by atoms with van der Waals surface area (Å²) in [6.07, 6.45) is 9.30. The van der Waals surface area contributed by atoms with Crippen LogP contribution in [0.1, 0.15) is 60.3 Å². The summed E-state index contributed by atoms with van der Waals surface area (Å²) in [6.45, 7) is 0. The van der Waals surface area contributed by atoms with E-state index >= 15 is 0 Å². The second-order valence-corrected chi connectivity index (χ2v) is 9.00. The number of aromatic hydroxyl groups is 1. The molecule has 4 bridgehead atoms. The van der Waals surface area contributed by atoms with Gasteiger partial charge in [0, 0.05) is 11.1 Å². The van der Waals surface area contributed by atoms with Crippen LogP contribution in [0.3, 0.4) is 0 Å². The number of nitrogens with one attached hydrogen (secondary N) is 2. The Kier molecular flexibility index (Phi) is 4.33. The summed E-state index contributed by atoms with van der Waals surface area (Å²) in [5, 5.41) is 21.2. The maximum atomic E-state index is 12.5. The van der Waals surface area contributed by atoms with Gasteiger partial charge in [0.1, 0.15) is 0 Å². The molecule has 6 rings (SSSR count). The van der Waals surface area contributed by atoms with Gasteiger partial charge < -0.3 is 9.84 Å². The average molecular weight is 394 g/mol. The second kappa shape index (κ2) is 6.90. The van der Waals surface area contributed by atoms with Gasteiger partial charge in [-0.2, -0.15) is 10.2 Å². The number of rotatable bonds is 5. The Morgan fingerprint density at radius 1 is 1.24 bits per heavy atom. The van der Waals surface area contributed by atoms with Gasteiger partial charge in [-0.25, -0.2) is 5.43 Å². The number of hydrogen-bond acceptors (Lipinski definition) is 5. The van der Waals surface area contributed by atoms with E-state index in [4.69, 9.17) is 4.74 Å². The first-order valence-corrected chi connectivity index (χ1v) is 10.3. The number of phenols is 1. The molecule has 0 saturated heterocycles. The van der Waals surface area contributed by atoms with Gasteiger partial charge in [0.15, 0.2) is 17.2 Å². The van der Waals surface area contributed by atoms with E-state index in [9.17, 15) is 9.90 Å². The molecule has 2 aromatic rings. The minimum absolute atomic E-state index is 0.0234. The molecule has 29 heavy (non-hydrogen) atoms. The zero-order chi connectivity index (χ0) is 20.0. The highest BCUT2D eigenvalue weighted by atomic mass is 16.5. The van der Waals surface area contributed by atoms with Crippen LogP contribution in [0.2, 0.25) is 0 Å². The highest BCUT2D eigenvalue weighted by molar-refractivity contribution is 5.93. The summed E-state index contributed by atoms with van der Waals surface area (Å²) in [6, 6.07) is 6.82. The van der Waals surface area contributed by atoms with Crippen LogP contribution in [-0.2, 0) is 5.41 Å². The van der Waals surface area contributed by atoms with E-state index in [0.717, 1.165) is 23.4 Å². The molecule has 0 radical (unpaired) electrons. The van der Waals surface area contributed by atoms with Crippen LogP contribution in [0.15, 0.2) is 29.4 Å². The molecular weight excluding hydrogens is 368 g/mol. The van der Waals surface area contributed by atoms with Crippen molar-refractivity contribution in [3.05, 3.63) is 41.2 Å². The second-order valence-electron chi connectivity index (χ2n) is 9.00. The maximum absolute atomic E-state index is 12.5. The molecule has 0 atom stereocenters. The normalized spacial score (nSPS) is 30.0. The fraction of sp³-hybridized carbons (Fsp3) is 0.500. The van der Waals surface area contributed by atoms with Crippen molar-refractivity contribution < 1.29 is 14.6 Å². The lowest BCUT2D eigenvalue weighted by Crippen LogP contribution is -2.48. The molecule has 7 nitrogen and oxygen atoms in total. The molecule has 0 spiro atoms. The molecule has 1 amide bonds. The molecule has 1 heterocycles. The van der Waals surface area contributed by atoms with E-state index < -0.39 is 0 Å². The summed E-state index contributed by atoms with van der Waals surface area (Å²) in [4.78, 5) is 12.5. The minimum atomic E-state index is -0.341. The molecule has 0 unspecified atom stereocenters. The number of ether oxygens (including phenoxy) is 1. The van der Waals surface area contributed by atoms with E-state index in [1.165, 1.54) is 57.9 Å². The molecule has 1 aromatic carbocycles. The number of hydrazone groups is 1. The van der Waals surface area contributed by atoms with Gasteiger partial charge in [0.2, 0.25) is 0 Å². The van der Waals surface area contributed by atoms with E-state index in [-0.39, 0.29) is 17.1 Å². The summed E-state index contributed by atoms with van der Waals surface area (Å²) >= 11 is 0. The number of methoxy groups -OCH3 is 1. The van der Waals surface area contributed by atoms with Crippen LogP contribution in [0.25, 0.3) is 0 Å². The third kappa shape index (κ3) is 3.28. The number of nitrogens with zero attached hydrogens (tertiary/aromatic N) is 2. The van der Waals surface area contributed by atoms with Crippen molar-refractivity contribution in [2.75, 3.05) is 7.11 Å². The van der Waals surface area contributed by atoms with Gasteiger partial charge in [-0.3, -0.25) is 9.89 Å². The molecule has 152 valence electrons. The van der Waals surface area contributed by atoms with Crippen molar-refractivity contribution >= 4 is 12.1 Å². The molecule has 4 aliphatic rings. The third-order valence-electron chi connectivity index (χ3n) is 7.00. The van der Waals surface area contributed by atoms with Crippen LogP contribution in [0, 0.1) is 17.8 Å². The van der Waals surface area contributed by atoms with Crippen LogP contribution < -0.4 is 10.2 Å². The SMILES string of the molecule is COc1ccc(/C=N\NC(=O)c2cc(C34CC5CC(CC(C5)C3)C4)[nH]n2)cc1O. The summed E-state index contributed by atoms with van der Waals surface area (Å²) in [7, 11) is 1.49. The molecule has 0 aliphatic heterocycles. The Hall–Kier alpha value is -2.83. The average Bonchev–Trinajstić information content (AvgIpc) is 3.18. The Morgan fingerprint density at radius 2 is 1.93 bits per heavy atom. The molecule has 4 fully saturated rings. The quantitative estimate of drug-likeness (QED) is 0.535. The molecule has 3 N–H and O–H groups in total. The summed E-state index contributed by atoms with van der Waals surface area (Å²) < 4.78 is 5.01. The number of phenolic OH excluding ortho intramolecular Hbond substituents is 1. The number of amides is 1. The number of benzene rings is 1. The Bertz CT molecular complexity index is 929.